The van der Waals surface area contributed by atoms with Crippen molar-refractivity contribution in [3.63, 3.8) is 0 Å². The van der Waals surface area contributed by atoms with Crippen LogP contribution >= 0.6 is 11.8 Å². The fourth-order valence-electron chi connectivity index (χ4n) is 1.56. The number of rotatable bonds is 6. The molecule has 0 heterocycles. The van der Waals surface area contributed by atoms with Crippen molar-refractivity contribution in [1.29, 1.82) is 0 Å². The summed E-state index contributed by atoms with van der Waals surface area (Å²) in [7, 11) is 0. The zero-order valence-corrected chi connectivity index (χ0v) is 10.8. The van der Waals surface area contributed by atoms with Gasteiger partial charge in [0.1, 0.15) is 0 Å². The molecule has 0 saturated carbocycles. The third kappa shape index (κ3) is 4.27. The maximum atomic E-state index is 11.3. The summed E-state index contributed by atoms with van der Waals surface area (Å²) in [6.07, 6.45) is 4.53. The second kappa shape index (κ2) is 7.34. The van der Waals surface area contributed by atoms with Crippen LogP contribution in [0, 0.1) is 0 Å². The molecule has 0 unspecified atom stereocenters. The molecule has 1 N–H and O–H groups in total. The van der Waals surface area contributed by atoms with E-state index in [9.17, 15) is 4.79 Å². The third-order valence-electron chi connectivity index (χ3n) is 2.39. The molecule has 0 aliphatic rings. The lowest BCUT2D eigenvalue weighted by Crippen LogP contribution is -2.25. The molecule has 0 fully saturated rings. The highest BCUT2D eigenvalue weighted by Gasteiger charge is 2.02. The van der Waals surface area contributed by atoms with Crippen LogP contribution in [-0.2, 0) is 11.2 Å². The summed E-state index contributed by atoms with van der Waals surface area (Å²) in [6.45, 7) is 2.75. The Morgan fingerprint density at radius 2 is 2.12 bits per heavy atom. The number of carbonyl (C=O) groups is 1. The second-order valence-electron chi connectivity index (χ2n) is 3.66. The Bertz CT molecular complexity index is 338. The maximum Gasteiger partial charge on any atom is 0.219 e. The van der Waals surface area contributed by atoms with Gasteiger partial charge in [-0.1, -0.05) is 25.1 Å². The number of hydrogen-bond acceptors (Lipinski definition) is 2. The van der Waals surface area contributed by atoms with Crippen LogP contribution in [0.2, 0.25) is 0 Å². The van der Waals surface area contributed by atoms with E-state index < -0.39 is 0 Å². The molecule has 88 valence electrons. The molecule has 1 amide bonds. The summed E-state index contributed by atoms with van der Waals surface area (Å²) in [5, 5.41) is 2.94. The first kappa shape index (κ1) is 13.1. The van der Waals surface area contributed by atoms with E-state index in [2.05, 4.69) is 23.7 Å². The fourth-order valence-corrected chi connectivity index (χ4v) is 2.21. The summed E-state index contributed by atoms with van der Waals surface area (Å²) in [6, 6.07) is 8.33. The molecule has 16 heavy (non-hydrogen) atoms. The molecule has 3 heteroatoms. The van der Waals surface area contributed by atoms with Crippen molar-refractivity contribution in [3.8, 4) is 0 Å². The van der Waals surface area contributed by atoms with Gasteiger partial charge in [0.15, 0.2) is 0 Å². The molecule has 0 spiro atoms. The largest absolute Gasteiger partial charge is 0.356 e. The Morgan fingerprint density at radius 1 is 1.38 bits per heavy atom. The third-order valence-corrected chi connectivity index (χ3v) is 3.22. The van der Waals surface area contributed by atoms with Crippen LogP contribution < -0.4 is 5.32 Å². The highest BCUT2D eigenvalue weighted by atomic mass is 32.2. The van der Waals surface area contributed by atoms with Gasteiger partial charge in [-0.25, -0.2) is 0 Å². The normalized spacial score (nSPS) is 10.1. The molecular formula is C13H19NOS. The average Bonchev–Trinajstić information content (AvgIpc) is 2.30. The van der Waals surface area contributed by atoms with Crippen molar-refractivity contribution in [2.45, 2.75) is 31.1 Å². The molecule has 2 nitrogen and oxygen atoms in total. The van der Waals surface area contributed by atoms with Gasteiger partial charge in [-0.3, -0.25) is 4.79 Å². The minimum atomic E-state index is 0.157. The summed E-state index contributed by atoms with van der Waals surface area (Å²) in [5.41, 5.74) is 1.31. The van der Waals surface area contributed by atoms with Crippen LogP contribution in [0.15, 0.2) is 29.2 Å². The molecule has 0 radical (unpaired) electrons. The lowest BCUT2D eigenvalue weighted by Gasteiger charge is -2.08. The van der Waals surface area contributed by atoms with Gasteiger partial charge >= 0.3 is 0 Å². The summed E-state index contributed by atoms with van der Waals surface area (Å²) in [4.78, 5) is 12.6. The van der Waals surface area contributed by atoms with Gasteiger partial charge in [-0.15, -0.1) is 11.8 Å². The number of hydrogen-bond donors (Lipinski definition) is 1. The van der Waals surface area contributed by atoms with Gasteiger partial charge in [0.05, 0.1) is 0 Å². The van der Waals surface area contributed by atoms with Crippen LogP contribution in [0.4, 0.5) is 0 Å². The lowest BCUT2D eigenvalue weighted by molar-refractivity contribution is -0.121. The number of carbonyl (C=O) groups excluding carboxylic acids is 1. The van der Waals surface area contributed by atoms with E-state index in [1.54, 1.807) is 11.8 Å². The van der Waals surface area contributed by atoms with Gasteiger partial charge in [0.25, 0.3) is 0 Å². The molecule has 0 aliphatic carbocycles. The first-order valence-corrected chi connectivity index (χ1v) is 6.89. The topological polar surface area (TPSA) is 29.1 Å². The Kier molecular flexibility index (Phi) is 6.01. The SMILES string of the molecule is CCCC(=O)NCCc1ccccc1SC. The first-order chi connectivity index (χ1) is 7.77. The number of nitrogens with one attached hydrogen (secondary N) is 1. The highest BCUT2D eigenvalue weighted by Crippen LogP contribution is 2.19. The molecule has 1 aromatic carbocycles. The van der Waals surface area contributed by atoms with Crippen molar-refractivity contribution in [2.75, 3.05) is 12.8 Å². The molecule has 1 rings (SSSR count). The first-order valence-electron chi connectivity index (χ1n) is 5.66. The standard InChI is InChI=1S/C13H19NOS/c1-3-6-13(15)14-10-9-11-7-4-5-8-12(11)16-2/h4-5,7-8H,3,6,9-10H2,1-2H3,(H,14,15). The minimum absolute atomic E-state index is 0.157. The zero-order chi connectivity index (χ0) is 11.8. The second-order valence-corrected chi connectivity index (χ2v) is 4.51. The Hall–Kier alpha value is -0.960. The van der Waals surface area contributed by atoms with E-state index in [1.807, 2.05) is 19.1 Å². The summed E-state index contributed by atoms with van der Waals surface area (Å²) >= 11 is 1.75. The molecule has 0 bridgehead atoms. The predicted octanol–water partition coefficient (Wildman–Crippen LogP) is 2.87. The van der Waals surface area contributed by atoms with Crippen molar-refractivity contribution in [3.05, 3.63) is 29.8 Å². The smallest absolute Gasteiger partial charge is 0.219 e. The van der Waals surface area contributed by atoms with E-state index in [0.29, 0.717) is 6.42 Å². The van der Waals surface area contributed by atoms with Crippen LogP contribution in [0.5, 0.6) is 0 Å². The minimum Gasteiger partial charge on any atom is -0.356 e. The number of benzene rings is 1. The van der Waals surface area contributed by atoms with E-state index in [-0.39, 0.29) is 5.91 Å². The molecule has 0 aromatic heterocycles. The van der Waals surface area contributed by atoms with Crippen molar-refractivity contribution >= 4 is 17.7 Å². The summed E-state index contributed by atoms with van der Waals surface area (Å²) in [5.74, 6) is 0.157. The van der Waals surface area contributed by atoms with E-state index in [1.165, 1.54) is 10.5 Å². The Balaban J connectivity index is 2.39. The number of amides is 1. The monoisotopic (exact) mass is 237 g/mol. The van der Waals surface area contributed by atoms with Crippen molar-refractivity contribution < 1.29 is 4.79 Å². The van der Waals surface area contributed by atoms with E-state index >= 15 is 0 Å². The summed E-state index contributed by atoms with van der Waals surface area (Å²) < 4.78 is 0. The van der Waals surface area contributed by atoms with Gasteiger partial charge in [-0.2, -0.15) is 0 Å². The van der Waals surface area contributed by atoms with Gasteiger partial charge in [0.2, 0.25) is 5.91 Å². The van der Waals surface area contributed by atoms with Gasteiger partial charge < -0.3 is 5.32 Å². The van der Waals surface area contributed by atoms with Crippen LogP contribution in [-0.4, -0.2) is 18.7 Å². The Labute approximate surface area is 102 Å². The van der Waals surface area contributed by atoms with Crippen molar-refractivity contribution in [2.24, 2.45) is 0 Å². The molecule has 0 aliphatic heterocycles. The van der Waals surface area contributed by atoms with Crippen LogP contribution in [0.25, 0.3) is 0 Å². The van der Waals surface area contributed by atoms with Crippen LogP contribution in [0.3, 0.4) is 0 Å². The van der Waals surface area contributed by atoms with E-state index in [4.69, 9.17) is 0 Å². The van der Waals surface area contributed by atoms with Crippen LogP contribution in [0.1, 0.15) is 25.3 Å². The Morgan fingerprint density at radius 3 is 2.81 bits per heavy atom. The molecule has 0 atom stereocenters. The average molecular weight is 237 g/mol. The molecule has 0 saturated heterocycles. The fraction of sp³-hybridized carbons (Fsp3) is 0.462. The maximum absolute atomic E-state index is 11.3. The molecular weight excluding hydrogens is 218 g/mol. The van der Waals surface area contributed by atoms with E-state index in [0.717, 1.165) is 19.4 Å². The quantitative estimate of drug-likeness (QED) is 0.771. The molecule has 1 aromatic rings. The highest BCUT2D eigenvalue weighted by molar-refractivity contribution is 7.98. The van der Waals surface area contributed by atoms with Gasteiger partial charge in [-0.05, 0) is 30.7 Å². The lowest BCUT2D eigenvalue weighted by atomic mass is 10.1. The van der Waals surface area contributed by atoms with Crippen molar-refractivity contribution in [1.82, 2.24) is 5.32 Å². The zero-order valence-electron chi connectivity index (χ0n) is 9.95. The predicted molar refractivity (Wildman–Crippen MR) is 69.8 cm³/mol. The van der Waals surface area contributed by atoms with Gasteiger partial charge in [0, 0.05) is 17.9 Å². The number of thioether (sulfide) groups is 1.